The van der Waals surface area contributed by atoms with E-state index in [0.717, 1.165) is 21.0 Å². The Balaban J connectivity index is 1.82. The Labute approximate surface area is 216 Å². The SMILES string of the molecule is COc1ccc(N(C(=O)CCCOc2cc(C)c(Cl)c(C)c2)S(=O)(=O)c2ccc(C)cc2)cc1Cl. The number of nitrogens with zero attached hydrogens (tertiary/aromatic N) is 1. The zero-order chi connectivity index (χ0) is 25.8. The van der Waals surface area contributed by atoms with Crippen LogP contribution in [-0.2, 0) is 14.8 Å². The standard InChI is InChI=1S/C26H27Cl2NO5S/c1-17-7-10-22(11-8-17)35(31,32)29(20-9-12-24(33-4)23(27)16-20)25(30)6-5-13-34-21-14-18(2)26(28)19(3)15-21/h7-12,14-16H,5-6,13H2,1-4H3. The molecule has 0 aliphatic carbocycles. The molecule has 9 heteroatoms. The second-order valence-electron chi connectivity index (χ2n) is 8.12. The summed E-state index contributed by atoms with van der Waals surface area (Å²) in [6, 6.07) is 14.4. The Morgan fingerprint density at radius 1 is 0.943 bits per heavy atom. The van der Waals surface area contributed by atoms with Crippen LogP contribution in [0.4, 0.5) is 5.69 Å². The van der Waals surface area contributed by atoms with Crippen LogP contribution in [0.3, 0.4) is 0 Å². The number of benzene rings is 3. The average molecular weight is 536 g/mol. The monoisotopic (exact) mass is 535 g/mol. The first kappa shape index (κ1) is 26.9. The van der Waals surface area contributed by atoms with Crippen molar-refractivity contribution in [2.24, 2.45) is 0 Å². The summed E-state index contributed by atoms with van der Waals surface area (Å²) in [5.41, 5.74) is 2.82. The van der Waals surface area contributed by atoms with Gasteiger partial charge in [-0.2, -0.15) is 0 Å². The first-order valence-electron chi connectivity index (χ1n) is 10.9. The minimum atomic E-state index is -4.18. The van der Waals surface area contributed by atoms with Crippen molar-refractivity contribution >= 4 is 44.8 Å². The van der Waals surface area contributed by atoms with Crippen LogP contribution in [0.15, 0.2) is 59.5 Å². The second kappa shape index (κ2) is 11.3. The first-order chi connectivity index (χ1) is 16.5. The van der Waals surface area contributed by atoms with Crippen molar-refractivity contribution < 1.29 is 22.7 Å². The number of aryl methyl sites for hydroxylation is 3. The highest BCUT2D eigenvalue weighted by atomic mass is 35.5. The van der Waals surface area contributed by atoms with Gasteiger partial charge in [-0.3, -0.25) is 4.79 Å². The highest BCUT2D eigenvalue weighted by Gasteiger charge is 2.31. The van der Waals surface area contributed by atoms with Gasteiger partial charge in [-0.05, 0) is 80.8 Å². The zero-order valence-electron chi connectivity index (χ0n) is 20.0. The van der Waals surface area contributed by atoms with Gasteiger partial charge in [0.25, 0.3) is 10.0 Å². The van der Waals surface area contributed by atoms with Gasteiger partial charge in [0.1, 0.15) is 11.5 Å². The lowest BCUT2D eigenvalue weighted by Gasteiger charge is -2.23. The molecule has 186 valence electrons. The maximum atomic E-state index is 13.5. The minimum Gasteiger partial charge on any atom is -0.495 e. The molecule has 0 atom stereocenters. The van der Waals surface area contributed by atoms with Gasteiger partial charge >= 0.3 is 0 Å². The summed E-state index contributed by atoms with van der Waals surface area (Å²) in [6.45, 7) is 5.86. The molecule has 35 heavy (non-hydrogen) atoms. The molecule has 0 aliphatic heterocycles. The van der Waals surface area contributed by atoms with Crippen LogP contribution < -0.4 is 13.8 Å². The Morgan fingerprint density at radius 2 is 1.57 bits per heavy atom. The molecule has 0 fully saturated rings. The molecule has 3 rings (SSSR count). The molecule has 0 unspecified atom stereocenters. The molecule has 0 saturated carbocycles. The molecule has 0 N–H and O–H groups in total. The van der Waals surface area contributed by atoms with Crippen LogP contribution in [0.1, 0.15) is 29.5 Å². The van der Waals surface area contributed by atoms with E-state index in [4.69, 9.17) is 32.7 Å². The summed E-state index contributed by atoms with van der Waals surface area (Å²) in [5.74, 6) is 0.416. The van der Waals surface area contributed by atoms with E-state index in [1.807, 2.05) is 32.9 Å². The maximum absolute atomic E-state index is 13.5. The van der Waals surface area contributed by atoms with Gasteiger partial charge < -0.3 is 9.47 Å². The average Bonchev–Trinajstić information content (AvgIpc) is 2.80. The van der Waals surface area contributed by atoms with E-state index >= 15 is 0 Å². The Morgan fingerprint density at radius 3 is 2.14 bits per heavy atom. The van der Waals surface area contributed by atoms with Gasteiger partial charge in [-0.1, -0.05) is 40.9 Å². The molecule has 0 saturated heterocycles. The molecular formula is C26H27Cl2NO5S. The number of hydrogen-bond donors (Lipinski definition) is 0. The van der Waals surface area contributed by atoms with E-state index in [0.29, 0.717) is 22.9 Å². The van der Waals surface area contributed by atoms with Gasteiger partial charge in [0.05, 0.1) is 29.3 Å². The second-order valence-corrected chi connectivity index (χ2v) is 10.7. The predicted molar refractivity (Wildman–Crippen MR) is 140 cm³/mol. The minimum absolute atomic E-state index is 0.00625. The van der Waals surface area contributed by atoms with Crippen molar-refractivity contribution in [1.82, 2.24) is 0 Å². The number of amides is 1. The molecule has 3 aromatic carbocycles. The Hall–Kier alpha value is -2.74. The van der Waals surface area contributed by atoms with E-state index in [9.17, 15) is 13.2 Å². The van der Waals surface area contributed by atoms with Crippen molar-refractivity contribution in [2.45, 2.75) is 38.5 Å². The van der Waals surface area contributed by atoms with Gasteiger partial charge in [-0.25, -0.2) is 12.7 Å². The lowest BCUT2D eigenvalue weighted by Crippen LogP contribution is -2.37. The normalized spacial score (nSPS) is 11.3. The molecule has 0 radical (unpaired) electrons. The molecule has 0 aliphatic rings. The number of carbonyl (C=O) groups is 1. The van der Waals surface area contributed by atoms with E-state index < -0.39 is 15.9 Å². The highest BCUT2D eigenvalue weighted by molar-refractivity contribution is 7.93. The third-order valence-electron chi connectivity index (χ3n) is 5.37. The number of carbonyl (C=O) groups excluding carboxylic acids is 1. The first-order valence-corrected chi connectivity index (χ1v) is 13.1. The Bertz CT molecular complexity index is 1300. The number of ether oxygens (including phenoxy) is 2. The number of rotatable bonds is 9. The van der Waals surface area contributed by atoms with Crippen LogP contribution >= 0.6 is 23.2 Å². The van der Waals surface area contributed by atoms with Crippen LogP contribution in [0.25, 0.3) is 0 Å². The maximum Gasteiger partial charge on any atom is 0.270 e. The third-order valence-corrected chi connectivity index (χ3v) is 8.02. The number of halogens is 2. The fraction of sp³-hybridized carbons (Fsp3) is 0.269. The van der Waals surface area contributed by atoms with Gasteiger partial charge in [-0.15, -0.1) is 0 Å². The predicted octanol–water partition coefficient (Wildman–Crippen LogP) is 6.51. The molecule has 0 bridgehead atoms. The number of anilines is 1. The summed E-state index contributed by atoms with van der Waals surface area (Å²) in [4.78, 5) is 13.3. The highest BCUT2D eigenvalue weighted by Crippen LogP contribution is 2.33. The molecule has 6 nitrogen and oxygen atoms in total. The van der Waals surface area contributed by atoms with Crippen LogP contribution in [-0.4, -0.2) is 28.0 Å². The lowest BCUT2D eigenvalue weighted by atomic mass is 10.1. The fourth-order valence-corrected chi connectivity index (χ4v) is 5.32. The number of hydrogen-bond acceptors (Lipinski definition) is 5. The molecular weight excluding hydrogens is 509 g/mol. The van der Waals surface area contributed by atoms with E-state index in [1.54, 1.807) is 12.1 Å². The quantitative estimate of drug-likeness (QED) is 0.292. The molecule has 0 spiro atoms. The Kier molecular flexibility index (Phi) is 8.70. The van der Waals surface area contributed by atoms with E-state index in [-0.39, 0.29) is 28.6 Å². The van der Waals surface area contributed by atoms with Gasteiger partial charge in [0, 0.05) is 11.4 Å². The van der Waals surface area contributed by atoms with E-state index in [2.05, 4.69) is 0 Å². The van der Waals surface area contributed by atoms with Gasteiger partial charge in [0.15, 0.2) is 0 Å². The summed E-state index contributed by atoms with van der Waals surface area (Å²) in [5, 5.41) is 0.876. The molecule has 0 aromatic heterocycles. The summed E-state index contributed by atoms with van der Waals surface area (Å²) in [6.07, 6.45) is 0.254. The van der Waals surface area contributed by atoms with Crippen LogP contribution in [0.2, 0.25) is 10.0 Å². The summed E-state index contributed by atoms with van der Waals surface area (Å²) >= 11 is 12.4. The number of methoxy groups -OCH3 is 1. The summed E-state index contributed by atoms with van der Waals surface area (Å²) in [7, 11) is -2.73. The van der Waals surface area contributed by atoms with Crippen molar-refractivity contribution in [3.63, 3.8) is 0 Å². The molecule has 0 heterocycles. The van der Waals surface area contributed by atoms with Crippen molar-refractivity contribution in [1.29, 1.82) is 0 Å². The van der Waals surface area contributed by atoms with Crippen LogP contribution in [0, 0.1) is 20.8 Å². The van der Waals surface area contributed by atoms with Crippen LogP contribution in [0.5, 0.6) is 11.5 Å². The lowest BCUT2D eigenvalue weighted by molar-refractivity contribution is -0.117. The third kappa shape index (κ3) is 6.28. The smallest absolute Gasteiger partial charge is 0.270 e. The van der Waals surface area contributed by atoms with Crippen molar-refractivity contribution in [3.8, 4) is 11.5 Å². The van der Waals surface area contributed by atoms with Crippen molar-refractivity contribution in [3.05, 3.63) is 81.3 Å². The molecule has 3 aromatic rings. The number of sulfonamides is 1. The van der Waals surface area contributed by atoms with Crippen molar-refractivity contribution in [2.75, 3.05) is 18.0 Å². The zero-order valence-corrected chi connectivity index (χ0v) is 22.3. The summed E-state index contributed by atoms with van der Waals surface area (Å²) < 4.78 is 38.7. The molecule has 1 amide bonds. The van der Waals surface area contributed by atoms with Gasteiger partial charge in [0.2, 0.25) is 5.91 Å². The van der Waals surface area contributed by atoms with E-state index in [1.165, 1.54) is 37.4 Å². The fourth-order valence-electron chi connectivity index (χ4n) is 3.52. The topological polar surface area (TPSA) is 72.9 Å². The largest absolute Gasteiger partial charge is 0.495 e.